The minimum Gasteiger partial charge on any atom is -0.448 e. The molecule has 1 fully saturated rings. The number of aryl methyl sites for hydroxylation is 1. The normalized spacial score (nSPS) is 13.8. The van der Waals surface area contributed by atoms with Gasteiger partial charge in [-0.1, -0.05) is 29.8 Å². The Bertz CT molecular complexity index is 793. The van der Waals surface area contributed by atoms with Gasteiger partial charge in [0.2, 0.25) is 0 Å². The molecule has 6 nitrogen and oxygen atoms in total. The maximum Gasteiger partial charge on any atom is 0.409 e. The quantitative estimate of drug-likeness (QED) is 0.781. The molecule has 1 aliphatic heterocycles. The summed E-state index contributed by atoms with van der Waals surface area (Å²) in [6.07, 6.45) is 0.393. The Morgan fingerprint density at radius 2 is 2.24 bits per heavy atom. The van der Waals surface area contributed by atoms with Crippen molar-refractivity contribution in [2.75, 3.05) is 26.2 Å². The molecule has 0 saturated carbocycles. The minimum atomic E-state index is -0.283. The lowest BCUT2D eigenvalue weighted by Gasteiger charge is -2.12. The number of ether oxygens (including phenoxy) is 1. The number of aromatic nitrogens is 1. The molecule has 2 heterocycles. The van der Waals surface area contributed by atoms with Crippen molar-refractivity contribution in [1.82, 2.24) is 15.2 Å². The van der Waals surface area contributed by atoms with Crippen molar-refractivity contribution in [2.24, 2.45) is 0 Å². The van der Waals surface area contributed by atoms with Crippen LogP contribution < -0.4 is 5.32 Å². The van der Waals surface area contributed by atoms with Crippen molar-refractivity contribution in [3.8, 4) is 10.6 Å². The first kappa shape index (κ1) is 17.7. The monoisotopic (exact) mass is 379 g/mol. The number of carbonyl (C=O) groups is 2. The number of nitrogens with one attached hydrogen (secondary N) is 1. The summed E-state index contributed by atoms with van der Waals surface area (Å²) in [4.78, 5) is 30.4. The van der Waals surface area contributed by atoms with Crippen molar-refractivity contribution in [3.05, 3.63) is 39.9 Å². The van der Waals surface area contributed by atoms with Crippen LogP contribution in [0.3, 0.4) is 0 Å². The van der Waals surface area contributed by atoms with Crippen molar-refractivity contribution >= 4 is 34.9 Å². The summed E-state index contributed by atoms with van der Waals surface area (Å²) in [6, 6.07) is 7.44. The third-order valence-corrected chi connectivity index (χ3v) is 5.36. The van der Waals surface area contributed by atoms with Crippen molar-refractivity contribution < 1.29 is 14.3 Å². The van der Waals surface area contributed by atoms with Gasteiger partial charge in [-0.15, -0.1) is 11.3 Å². The zero-order chi connectivity index (χ0) is 17.8. The second-order valence-electron chi connectivity index (χ2n) is 5.62. The molecule has 0 unspecified atom stereocenters. The van der Waals surface area contributed by atoms with Gasteiger partial charge >= 0.3 is 6.09 Å². The van der Waals surface area contributed by atoms with Crippen LogP contribution >= 0.6 is 22.9 Å². The molecular formula is C17H18ClN3O3S. The average molecular weight is 380 g/mol. The summed E-state index contributed by atoms with van der Waals surface area (Å²) >= 11 is 7.53. The fraction of sp³-hybridized carbons (Fsp3) is 0.353. The van der Waals surface area contributed by atoms with E-state index in [1.807, 2.05) is 25.1 Å². The predicted octanol–water partition coefficient (Wildman–Crippen LogP) is 3.34. The number of carbonyl (C=O) groups excluding carboxylic acids is 2. The van der Waals surface area contributed by atoms with Gasteiger partial charge in [0.25, 0.3) is 5.91 Å². The number of halogens is 1. The highest BCUT2D eigenvalue weighted by Crippen LogP contribution is 2.32. The van der Waals surface area contributed by atoms with Gasteiger partial charge in [-0.2, -0.15) is 0 Å². The molecule has 1 saturated heterocycles. The third-order valence-electron chi connectivity index (χ3n) is 3.84. The van der Waals surface area contributed by atoms with Crippen LogP contribution in [0.5, 0.6) is 0 Å². The van der Waals surface area contributed by atoms with Crippen molar-refractivity contribution in [1.29, 1.82) is 0 Å². The Balaban J connectivity index is 1.57. The SMILES string of the molecule is Cc1nc(-c2ccccc2Cl)sc1C(=O)NCCCN1CCOC1=O. The lowest BCUT2D eigenvalue weighted by molar-refractivity contribution is 0.0955. The van der Waals surface area contributed by atoms with Crippen LogP contribution in [0, 0.1) is 6.92 Å². The van der Waals surface area contributed by atoms with Gasteiger partial charge in [0.15, 0.2) is 0 Å². The van der Waals surface area contributed by atoms with Gasteiger partial charge in [-0.05, 0) is 19.4 Å². The van der Waals surface area contributed by atoms with E-state index in [0.717, 1.165) is 10.6 Å². The highest BCUT2D eigenvalue weighted by atomic mass is 35.5. The molecule has 2 amide bonds. The Hall–Kier alpha value is -2.12. The highest BCUT2D eigenvalue weighted by Gasteiger charge is 2.21. The van der Waals surface area contributed by atoms with E-state index < -0.39 is 0 Å². The maximum atomic E-state index is 12.4. The molecule has 0 atom stereocenters. The molecule has 1 aromatic heterocycles. The number of hydrogen-bond acceptors (Lipinski definition) is 5. The van der Waals surface area contributed by atoms with Gasteiger partial charge in [0, 0.05) is 18.7 Å². The summed E-state index contributed by atoms with van der Waals surface area (Å²) in [5.41, 5.74) is 1.50. The molecule has 0 aliphatic carbocycles. The van der Waals surface area contributed by atoms with Crippen LogP contribution in [-0.2, 0) is 4.74 Å². The zero-order valence-electron chi connectivity index (χ0n) is 13.8. The lowest BCUT2D eigenvalue weighted by Crippen LogP contribution is -2.30. The van der Waals surface area contributed by atoms with Gasteiger partial charge in [0.05, 0.1) is 17.3 Å². The topological polar surface area (TPSA) is 71.5 Å². The number of rotatable bonds is 6. The van der Waals surface area contributed by atoms with Crippen LogP contribution in [0.25, 0.3) is 10.6 Å². The fourth-order valence-electron chi connectivity index (χ4n) is 2.54. The molecule has 0 spiro atoms. The zero-order valence-corrected chi connectivity index (χ0v) is 15.3. The number of benzene rings is 1. The Kier molecular flexibility index (Phi) is 5.55. The lowest BCUT2D eigenvalue weighted by atomic mass is 10.2. The van der Waals surface area contributed by atoms with Crippen molar-refractivity contribution in [3.63, 3.8) is 0 Å². The van der Waals surface area contributed by atoms with Crippen LogP contribution in [0.4, 0.5) is 4.79 Å². The van der Waals surface area contributed by atoms with Crippen LogP contribution in [0.2, 0.25) is 5.02 Å². The van der Waals surface area contributed by atoms with E-state index in [0.29, 0.717) is 48.3 Å². The molecule has 8 heteroatoms. The molecule has 0 radical (unpaired) electrons. The molecule has 3 rings (SSSR count). The summed E-state index contributed by atoms with van der Waals surface area (Å²) < 4.78 is 4.87. The first-order chi connectivity index (χ1) is 12.1. The van der Waals surface area contributed by atoms with Crippen LogP contribution in [0.15, 0.2) is 24.3 Å². The average Bonchev–Trinajstić information content (AvgIpc) is 3.18. The Morgan fingerprint density at radius 3 is 2.96 bits per heavy atom. The second-order valence-corrected chi connectivity index (χ2v) is 7.03. The van der Waals surface area contributed by atoms with E-state index in [1.165, 1.54) is 11.3 Å². The van der Waals surface area contributed by atoms with Gasteiger partial charge < -0.3 is 15.0 Å². The maximum absolute atomic E-state index is 12.4. The third kappa shape index (κ3) is 4.11. The number of nitrogens with zero attached hydrogens (tertiary/aromatic N) is 2. The van der Waals surface area contributed by atoms with Gasteiger partial charge in [-0.25, -0.2) is 9.78 Å². The Morgan fingerprint density at radius 1 is 1.44 bits per heavy atom. The standard InChI is InChI=1S/C17H18ClN3O3S/c1-11-14(25-16(20-11)12-5-2-3-6-13(12)18)15(22)19-7-4-8-21-9-10-24-17(21)23/h2-3,5-6H,4,7-10H2,1H3,(H,19,22). The summed E-state index contributed by atoms with van der Waals surface area (Å²) in [5, 5.41) is 4.22. The minimum absolute atomic E-state index is 0.155. The largest absolute Gasteiger partial charge is 0.448 e. The van der Waals surface area contributed by atoms with Crippen molar-refractivity contribution in [2.45, 2.75) is 13.3 Å². The molecule has 2 aromatic rings. The first-order valence-electron chi connectivity index (χ1n) is 7.98. The molecular weight excluding hydrogens is 362 g/mol. The number of thiazole rings is 1. The summed E-state index contributed by atoms with van der Waals surface area (Å²) in [5.74, 6) is -0.155. The van der Waals surface area contributed by atoms with E-state index in [9.17, 15) is 9.59 Å². The molecule has 1 N–H and O–H groups in total. The molecule has 25 heavy (non-hydrogen) atoms. The number of amides is 2. The van der Waals surface area contributed by atoms with Gasteiger partial charge in [0.1, 0.15) is 16.5 Å². The van der Waals surface area contributed by atoms with E-state index in [1.54, 1.807) is 11.0 Å². The van der Waals surface area contributed by atoms with E-state index in [-0.39, 0.29) is 12.0 Å². The van der Waals surface area contributed by atoms with E-state index in [4.69, 9.17) is 16.3 Å². The molecule has 1 aromatic carbocycles. The molecule has 1 aliphatic rings. The fourth-order valence-corrected chi connectivity index (χ4v) is 3.84. The van der Waals surface area contributed by atoms with Crippen LogP contribution in [-0.4, -0.2) is 48.1 Å². The van der Waals surface area contributed by atoms with E-state index >= 15 is 0 Å². The van der Waals surface area contributed by atoms with Crippen LogP contribution in [0.1, 0.15) is 21.8 Å². The van der Waals surface area contributed by atoms with Gasteiger partial charge in [-0.3, -0.25) is 4.79 Å². The highest BCUT2D eigenvalue weighted by molar-refractivity contribution is 7.17. The Labute approximate surface area is 154 Å². The summed E-state index contributed by atoms with van der Waals surface area (Å²) in [7, 11) is 0. The first-order valence-corrected chi connectivity index (χ1v) is 9.18. The number of hydrogen-bond donors (Lipinski definition) is 1. The summed E-state index contributed by atoms with van der Waals surface area (Å²) in [6.45, 7) is 3.93. The molecule has 132 valence electrons. The number of cyclic esters (lactones) is 1. The predicted molar refractivity (Wildman–Crippen MR) is 97.2 cm³/mol. The smallest absolute Gasteiger partial charge is 0.409 e. The molecule has 0 bridgehead atoms. The second kappa shape index (κ2) is 7.84. The van der Waals surface area contributed by atoms with E-state index in [2.05, 4.69) is 10.3 Å².